The number of ether oxygens (including phenoxy) is 1. The molecule has 1 aromatic carbocycles. The lowest BCUT2D eigenvalue weighted by molar-refractivity contribution is -0.126. The van der Waals surface area contributed by atoms with E-state index in [1.54, 1.807) is 12.0 Å². The Bertz CT molecular complexity index is 572. The van der Waals surface area contributed by atoms with E-state index in [9.17, 15) is 9.59 Å². The summed E-state index contributed by atoms with van der Waals surface area (Å²) in [4.78, 5) is 25.8. The maximum atomic E-state index is 12.3. The average Bonchev–Trinajstić information content (AvgIpc) is 2.94. The highest BCUT2D eigenvalue weighted by Crippen LogP contribution is 2.31. The maximum Gasteiger partial charge on any atom is 0.246 e. The summed E-state index contributed by atoms with van der Waals surface area (Å²) in [5.74, 6) is 0.394. The summed E-state index contributed by atoms with van der Waals surface area (Å²) in [6.45, 7) is 4.32. The topological polar surface area (TPSA) is 84.7 Å². The first-order valence-corrected chi connectivity index (χ1v) is 7.44. The highest BCUT2D eigenvalue weighted by molar-refractivity contribution is 5.98. The van der Waals surface area contributed by atoms with Crippen LogP contribution in [0, 0.1) is 5.92 Å². The molecule has 0 saturated carbocycles. The van der Waals surface area contributed by atoms with Gasteiger partial charge in [0.25, 0.3) is 0 Å². The minimum Gasteiger partial charge on any atom is -0.497 e. The summed E-state index contributed by atoms with van der Waals surface area (Å²) >= 11 is 0. The molecule has 2 rings (SSSR count). The first-order valence-electron chi connectivity index (χ1n) is 7.44. The standard InChI is InChI=1S/C16H23N3O3/c1-10(2)15(17)16(21)18-9-14(20)19-7-6-11-8-12(22-3)4-5-13(11)19/h4-5,8,10,15H,6-7,9,17H2,1-3H3,(H,18,21)/t15-/m0/s1. The molecule has 0 bridgehead atoms. The van der Waals surface area contributed by atoms with E-state index in [4.69, 9.17) is 10.5 Å². The summed E-state index contributed by atoms with van der Waals surface area (Å²) in [5.41, 5.74) is 7.72. The fourth-order valence-electron chi connectivity index (χ4n) is 2.44. The van der Waals surface area contributed by atoms with Gasteiger partial charge in [0, 0.05) is 12.2 Å². The molecule has 0 radical (unpaired) electrons. The van der Waals surface area contributed by atoms with Crippen LogP contribution in [-0.4, -0.2) is 38.1 Å². The molecule has 22 heavy (non-hydrogen) atoms. The van der Waals surface area contributed by atoms with E-state index in [2.05, 4.69) is 5.32 Å². The van der Waals surface area contributed by atoms with Gasteiger partial charge in [-0.1, -0.05) is 13.8 Å². The molecule has 0 aliphatic carbocycles. The molecule has 3 N–H and O–H groups in total. The van der Waals surface area contributed by atoms with Crippen molar-refractivity contribution in [3.63, 3.8) is 0 Å². The van der Waals surface area contributed by atoms with Crippen LogP contribution in [0.3, 0.4) is 0 Å². The van der Waals surface area contributed by atoms with Gasteiger partial charge in [0.15, 0.2) is 0 Å². The third-order valence-corrected chi connectivity index (χ3v) is 3.92. The first-order chi connectivity index (χ1) is 10.4. The van der Waals surface area contributed by atoms with Gasteiger partial charge in [0.1, 0.15) is 5.75 Å². The summed E-state index contributed by atoms with van der Waals surface area (Å²) in [6.07, 6.45) is 0.789. The van der Waals surface area contributed by atoms with E-state index in [0.717, 1.165) is 23.4 Å². The van der Waals surface area contributed by atoms with Gasteiger partial charge in [0.2, 0.25) is 11.8 Å². The Hall–Kier alpha value is -2.08. The molecule has 1 aromatic rings. The number of rotatable bonds is 5. The Morgan fingerprint density at radius 2 is 2.14 bits per heavy atom. The Morgan fingerprint density at radius 3 is 2.77 bits per heavy atom. The highest BCUT2D eigenvalue weighted by atomic mass is 16.5. The quantitative estimate of drug-likeness (QED) is 0.838. The zero-order valence-electron chi connectivity index (χ0n) is 13.3. The Kier molecular flexibility index (Phi) is 5.03. The van der Waals surface area contributed by atoms with E-state index < -0.39 is 6.04 Å². The average molecular weight is 305 g/mol. The maximum absolute atomic E-state index is 12.3. The number of nitrogens with zero attached hydrogens (tertiary/aromatic N) is 1. The van der Waals surface area contributed by atoms with Crippen LogP contribution in [0.1, 0.15) is 19.4 Å². The van der Waals surface area contributed by atoms with Crippen molar-refractivity contribution in [1.29, 1.82) is 0 Å². The molecule has 120 valence electrons. The second-order valence-electron chi connectivity index (χ2n) is 5.78. The molecule has 1 aliphatic rings. The molecule has 2 amide bonds. The number of nitrogens with one attached hydrogen (secondary N) is 1. The van der Waals surface area contributed by atoms with Crippen molar-refractivity contribution in [2.45, 2.75) is 26.3 Å². The van der Waals surface area contributed by atoms with Crippen LogP contribution in [0.2, 0.25) is 0 Å². The van der Waals surface area contributed by atoms with Crippen molar-refractivity contribution >= 4 is 17.5 Å². The van der Waals surface area contributed by atoms with Crippen molar-refractivity contribution in [3.05, 3.63) is 23.8 Å². The summed E-state index contributed by atoms with van der Waals surface area (Å²) in [5, 5.41) is 2.61. The smallest absolute Gasteiger partial charge is 0.246 e. The van der Waals surface area contributed by atoms with Crippen molar-refractivity contribution in [1.82, 2.24) is 5.32 Å². The van der Waals surface area contributed by atoms with Gasteiger partial charge in [-0.3, -0.25) is 9.59 Å². The number of hydrogen-bond donors (Lipinski definition) is 2. The van der Waals surface area contributed by atoms with Crippen LogP contribution in [0.5, 0.6) is 5.75 Å². The largest absolute Gasteiger partial charge is 0.497 e. The minimum absolute atomic E-state index is 0.0370. The van der Waals surface area contributed by atoms with Gasteiger partial charge in [-0.2, -0.15) is 0 Å². The van der Waals surface area contributed by atoms with Crippen molar-refractivity contribution < 1.29 is 14.3 Å². The molecule has 1 aliphatic heterocycles. The molecule has 0 saturated heterocycles. The fourth-order valence-corrected chi connectivity index (χ4v) is 2.44. The Morgan fingerprint density at radius 1 is 1.41 bits per heavy atom. The van der Waals surface area contributed by atoms with Crippen LogP contribution in [0.25, 0.3) is 0 Å². The second-order valence-corrected chi connectivity index (χ2v) is 5.78. The Balaban J connectivity index is 1.97. The van der Waals surface area contributed by atoms with E-state index in [0.29, 0.717) is 6.54 Å². The number of nitrogens with two attached hydrogens (primary N) is 1. The molecule has 0 spiro atoms. The van der Waals surface area contributed by atoms with Crippen LogP contribution in [0.15, 0.2) is 18.2 Å². The minimum atomic E-state index is -0.595. The molecule has 0 fully saturated rings. The van der Waals surface area contributed by atoms with Gasteiger partial charge in [-0.25, -0.2) is 0 Å². The number of carbonyl (C=O) groups excluding carboxylic acids is 2. The SMILES string of the molecule is COc1ccc2c(c1)CCN2C(=O)CNC(=O)[C@@H](N)C(C)C. The molecular formula is C16H23N3O3. The molecule has 6 heteroatoms. The molecule has 0 unspecified atom stereocenters. The Labute approximate surface area is 130 Å². The lowest BCUT2D eigenvalue weighted by Gasteiger charge is -2.19. The van der Waals surface area contributed by atoms with E-state index in [1.165, 1.54) is 0 Å². The van der Waals surface area contributed by atoms with Gasteiger partial charge >= 0.3 is 0 Å². The zero-order valence-corrected chi connectivity index (χ0v) is 13.3. The normalized spacial score (nSPS) is 14.7. The second kappa shape index (κ2) is 6.79. The number of carbonyl (C=O) groups is 2. The number of hydrogen-bond acceptors (Lipinski definition) is 4. The van der Waals surface area contributed by atoms with Crippen molar-refractivity contribution in [2.75, 3.05) is 25.1 Å². The van der Waals surface area contributed by atoms with Crippen molar-refractivity contribution in [2.24, 2.45) is 11.7 Å². The molecule has 6 nitrogen and oxygen atoms in total. The number of benzene rings is 1. The number of anilines is 1. The zero-order chi connectivity index (χ0) is 16.3. The van der Waals surface area contributed by atoms with E-state index >= 15 is 0 Å². The third-order valence-electron chi connectivity index (χ3n) is 3.92. The molecule has 0 aromatic heterocycles. The molecule has 1 atom stereocenters. The highest BCUT2D eigenvalue weighted by Gasteiger charge is 2.26. The van der Waals surface area contributed by atoms with Crippen molar-refractivity contribution in [3.8, 4) is 5.75 Å². The van der Waals surface area contributed by atoms with Gasteiger partial charge in [-0.05, 0) is 36.1 Å². The van der Waals surface area contributed by atoms with Crippen LogP contribution in [-0.2, 0) is 16.0 Å². The summed E-state index contributed by atoms with van der Waals surface area (Å²) in [6, 6.07) is 5.05. The van der Waals surface area contributed by atoms with Crippen LogP contribution < -0.4 is 20.7 Å². The fraction of sp³-hybridized carbons (Fsp3) is 0.500. The lowest BCUT2D eigenvalue weighted by Crippen LogP contribution is -2.47. The van der Waals surface area contributed by atoms with Crippen LogP contribution >= 0.6 is 0 Å². The molecular weight excluding hydrogens is 282 g/mol. The first kappa shape index (κ1) is 16.3. The third kappa shape index (κ3) is 3.39. The lowest BCUT2D eigenvalue weighted by atomic mass is 10.1. The molecule has 1 heterocycles. The predicted molar refractivity (Wildman–Crippen MR) is 84.9 cm³/mol. The van der Waals surface area contributed by atoms with Gasteiger partial charge in [0.05, 0.1) is 19.7 Å². The monoisotopic (exact) mass is 305 g/mol. The van der Waals surface area contributed by atoms with E-state index in [-0.39, 0.29) is 24.3 Å². The summed E-state index contributed by atoms with van der Waals surface area (Å²) in [7, 11) is 1.62. The van der Waals surface area contributed by atoms with Crippen LogP contribution in [0.4, 0.5) is 5.69 Å². The predicted octanol–water partition coefficient (Wildman–Crippen LogP) is 0.684. The van der Waals surface area contributed by atoms with E-state index in [1.807, 2.05) is 32.0 Å². The number of methoxy groups -OCH3 is 1. The van der Waals surface area contributed by atoms with Gasteiger partial charge in [-0.15, -0.1) is 0 Å². The number of amides is 2. The number of fused-ring (bicyclic) bond motifs is 1. The van der Waals surface area contributed by atoms with Gasteiger partial charge < -0.3 is 20.7 Å². The summed E-state index contributed by atoms with van der Waals surface area (Å²) < 4.78 is 5.19.